The van der Waals surface area contributed by atoms with Crippen molar-refractivity contribution in [1.29, 1.82) is 0 Å². The molecule has 0 aliphatic carbocycles. The number of aromatic nitrogens is 1. The topological polar surface area (TPSA) is 73.7 Å². The largest absolute Gasteiger partial charge is 0.387 e. The quantitative estimate of drug-likeness (QED) is 0.683. The zero-order valence-corrected chi connectivity index (χ0v) is 17.8. The number of anilines is 1. The molecule has 30 heavy (non-hydrogen) atoms. The van der Waals surface area contributed by atoms with Crippen LogP contribution in [0.15, 0.2) is 78.0 Å². The van der Waals surface area contributed by atoms with Crippen LogP contribution in [0.3, 0.4) is 0 Å². The number of fused-ring (bicyclic) bond motifs is 1. The Morgan fingerprint density at radius 1 is 0.967 bits per heavy atom. The standard InChI is InChI=1S/C23H25N3O3S/c1-25(2)19-9-7-17(8-10-19)15-21-23(27)20-5-3-4-6-22(20)30(28,29)26(21)16-18-11-13-24-14-12-18/h3-14,21,23,27H,15-16H2,1-2H3/t21-,23-/m1/s1. The number of rotatable bonds is 5. The fourth-order valence-electron chi connectivity index (χ4n) is 3.88. The van der Waals surface area contributed by atoms with Crippen molar-refractivity contribution < 1.29 is 13.5 Å². The maximum atomic E-state index is 13.5. The van der Waals surface area contributed by atoms with Crippen LogP contribution in [-0.2, 0) is 23.0 Å². The monoisotopic (exact) mass is 423 g/mol. The van der Waals surface area contributed by atoms with Gasteiger partial charge in [0.25, 0.3) is 0 Å². The molecule has 156 valence electrons. The third-order valence-electron chi connectivity index (χ3n) is 5.54. The zero-order chi connectivity index (χ0) is 21.3. The van der Waals surface area contributed by atoms with Gasteiger partial charge in [-0.05, 0) is 47.9 Å². The molecule has 3 aromatic rings. The van der Waals surface area contributed by atoms with E-state index in [0.29, 0.717) is 12.0 Å². The minimum absolute atomic E-state index is 0.172. The van der Waals surface area contributed by atoms with Crippen LogP contribution in [0.4, 0.5) is 5.69 Å². The Morgan fingerprint density at radius 3 is 2.30 bits per heavy atom. The summed E-state index contributed by atoms with van der Waals surface area (Å²) in [6.45, 7) is 0.177. The van der Waals surface area contributed by atoms with Crippen molar-refractivity contribution in [3.05, 3.63) is 89.7 Å². The van der Waals surface area contributed by atoms with Crippen LogP contribution in [0.2, 0.25) is 0 Å². The van der Waals surface area contributed by atoms with Crippen LogP contribution in [0, 0.1) is 0 Å². The molecule has 1 aromatic heterocycles. The van der Waals surface area contributed by atoms with Gasteiger partial charge >= 0.3 is 0 Å². The number of aliphatic hydroxyl groups excluding tert-OH is 1. The third kappa shape index (κ3) is 3.84. The minimum atomic E-state index is -3.76. The first kappa shape index (κ1) is 20.5. The first-order valence-electron chi connectivity index (χ1n) is 9.82. The van der Waals surface area contributed by atoms with Crippen molar-refractivity contribution in [3.8, 4) is 0 Å². The van der Waals surface area contributed by atoms with E-state index in [9.17, 15) is 13.5 Å². The molecule has 0 bridgehead atoms. The lowest BCUT2D eigenvalue weighted by molar-refractivity contribution is 0.0769. The van der Waals surface area contributed by atoms with E-state index in [1.54, 1.807) is 48.8 Å². The molecular formula is C23H25N3O3S. The average Bonchev–Trinajstić information content (AvgIpc) is 2.76. The zero-order valence-electron chi connectivity index (χ0n) is 17.0. The molecule has 2 aromatic carbocycles. The smallest absolute Gasteiger partial charge is 0.244 e. The van der Waals surface area contributed by atoms with Crippen molar-refractivity contribution in [3.63, 3.8) is 0 Å². The summed E-state index contributed by atoms with van der Waals surface area (Å²) in [5, 5.41) is 11.2. The highest BCUT2D eigenvalue weighted by molar-refractivity contribution is 7.89. The minimum Gasteiger partial charge on any atom is -0.387 e. The number of hydrogen-bond acceptors (Lipinski definition) is 5. The Morgan fingerprint density at radius 2 is 1.63 bits per heavy atom. The van der Waals surface area contributed by atoms with Crippen molar-refractivity contribution in [2.45, 2.75) is 30.0 Å². The van der Waals surface area contributed by atoms with Gasteiger partial charge in [-0.25, -0.2) is 8.42 Å². The molecule has 0 saturated heterocycles. The maximum Gasteiger partial charge on any atom is 0.244 e. The number of sulfonamides is 1. The molecule has 1 aliphatic heterocycles. The first-order chi connectivity index (χ1) is 14.4. The molecule has 1 aliphatic rings. The molecule has 0 amide bonds. The SMILES string of the molecule is CN(C)c1ccc(C[C@@H]2[C@H](O)c3ccccc3S(=O)(=O)N2Cc2ccncc2)cc1. The molecule has 4 rings (SSSR count). The second kappa shape index (κ2) is 8.18. The van der Waals surface area contributed by atoms with Crippen LogP contribution < -0.4 is 4.90 Å². The number of hydrogen-bond donors (Lipinski definition) is 1. The van der Waals surface area contributed by atoms with E-state index in [1.807, 2.05) is 43.3 Å². The van der Waals surface area contributed by atoms with Crippen LogP contribution in [-0.4, -0.2) is 43.0 Å². The molecule has 0 unspecified atom stereocenters. The van der Waals surface area contributed by atoms with E-state index in [0.717, 1.165) is 16.8 Å². The average molecular weight is 424 g/mol. The molecular weight excluding hydrogens is 398 g/mol. The lowest BCUT2D eigenvalue weighted by atomic mass is 9.95. The third-order valence-corrected chi connectivity index (χ3v) is 7.49. The van der Waals surface area contributed by atoms with Crippen LogP contribution in [0.1, 0.15) is 22.8 Å². The summed E-state index contributed by atoms with van der Waals surface area (Å²) in [7, 11) is 0.184. The van der Waals surface area contributed by atoms with Gasteiger partial charge in [0.15, 0.2) is 0 Å². The highest BCUT2D eigenvalue weighted by Crippen LogP contribution is 2.39. The molecule has 0 saturated carbocycles. The van der Waals surface area contributed by atoms with Crippen molar-refractivity contribution >= 4 is 15.7 Å². The Labute approximate surface area is 177 Å². The van der Waals surface area contributed by atoms with Crippen molar-refractivity contribution in [2.75, 3.05) is 19.0 Å². The van der Waals surface area contributed by atoms with Crippen molar-refractivity contribution in [2.24, 2.45) is 0 Å². The first-order valence-corrected chi connectivity index (χ1v) is 11.3. The number of benzene rings is 2. The molecule has 0 radical (unpaired) electrons. The Hall–Kier alpha value is -2.74. The molecule has 0 fully saturated rings. The lowest BCUT2D eigenvalue weighted by Crippen LogP contribution is -2.48. The van der Waals surface area contributed by atoms with Gasteiger partial charge in [-0.2, -0.15) is 4.31 Å². The van der Waals surface area contributed by atoms with Gasteiger partial charge in [0.2, 0.25) is 10.0 Å². The summed E-state index contributed by atoms with van der Waals surface area (Å²) in [6, 6.07) is 17.7. The van der Waals surface area contributed by atoms with Gasteiger partial charge in [0.1, 0.15) is 0 Å². The fraction of sp³-hybridized carbons (Fsp3) is 0.261. The Bertz CT molecular complexity index is 1120. The van der Waals surface area contributed by atoms with Gasteiger partial charge in [-0.3, -0.25) is 4.98 Å². The van der Waals surface area contributed by atoms with Gasteiger partial charge in [0.05, 0.1) is 17.0 Å². The number of pyridine rings is 1. The van der Waals surface area contributed by atoms with E-state index in [1.165, 1.54) is 4.31 Å². The molecule has 2 atom stereocenters. The van der Waals surface area contributed by atoms with Gasteiger partial charge in [0, 0.05) is 44.3 Å². The molecule has 6 nitrogen and oxygen atoms in total. The number of nitrogens with zero attached hydrogens (tertiary/aromatic N) is 3. The van der Waals surface area contributed by atoms with E-state index >= 15 is 0 Å². The summed E-state index contributed by atoms with van der Waals surface area (Å²) in [5.41, 5.74) is 3.32. The van der Waals surface area contributed by atoms with Crippen LogP contribution in [0.5, 0.6) is 0 Å². The van der Waals surface area contributed by atoms with Gasteiger partial charge < -0.3 is 10.0 Å². The number of aliphatic hydroxyl groups is 1. The Balaban J connectivity index is 1.74. The van der Waals surface area contributed by atoms with Crippen molar-refractivity contribution in [1.82, 2.24) is 9.29 Å². The second-order valence-electron chi connectivity index (χ2n) is 7.72. The normalized spacial score (nSPS) is 20.5. The van der Waals surface area contributed by atoms with Crippen LogP contribution >= 0.6 is 0 Å². The fourth-order valence-corrected chi connectivity index (χ4v) is 5.74. The lowest BCUT2D eigenvalue weighted by Gasteiger charge is -2.39. The summed E-state index contributed by atoms with van der Waals surface area (Å²) in [4.78, 5) is 6.20. The molecule has 2 heterocycles. The summed E-state index contributed by atoms with van der Waals surface area (Å²) in [6.07, 6.45) is 2.78. The predicted octanol–water partition coefficient (Wildman–Crippen LogP) is 3.00. The molecule has 0 spiro atoms. The second-order valence-corrected chi connectivity index (χ2v) is 9.58. The Kier molecular flexibility index (Phi) is 5.60. The highest BCUT2D eigenvalue weighted by Gasteiger charge is 2.43. The molecule has 1 N–H and O–H groups in total. The van der Waals surface area contributed by atoms with E-state index in [-0.39, 0.29) is 11.4 Å². The predicted molar refractivity (Wildman–Crippen MR) is 117 cm³/mol. The molecule has 7 heteroatoms. The van der Waals surface area contributed by atoms with E-state index < -0.39 is 22.2 Å². The van der Waals surface area contributed by atoms with E-state index in [4.69, 9.17) is 0 Å². The summed E-state index contributed by atoms with van der Waals surface area (Å²) < 4.78 is 28.4. The van der Waals surface area contributed by atoms with Gasteiger partial charge in [-0.15, -0.1) is 0 Å². The van der Waals surface area contributed by atoms with Gasteiger partial charge in [-0.1, -0.05) is 30.3 Å². The maximum absolute atomic E-state index is 13.5. The van der Waals surface area contributed by atoms with E-state index in [2.05, 4.69) is 4.98 Å². The van der Waals surface area contributed by atoms with Crippen LogP contribution in [0.25, 0.3) is 0 Å². The summed E-state index contributed by atoms with van der Waals surface area (Å²) in [5.74, 6) is 0. The highest BCUT2D eigenvalue weighted by atomic mass is 32.2. The summed E-state index contributed by atoms with van der Waals surface area (Å²) >= 11 is 0.